The zero-order valence-corrected chi connectivity index (χ0v) is 19.1. The Balaban J connectivity index is 0.00000364. The van der Waals surface area contributed by atoms with Crippen molar-refractivity contribution in [2.24, 2.45) is 16.6 Å². The molecule has 1 aromatic rings. The molecule has 0 bridgehead atoms. The van der Waals surface area contributed by atoms with E-state index in [4.69, 9.17) is 5.73 Å². The number of carbonyl (C=O) groups is 1. The minimum absolute atomic E-state index is 0. The van der Waals surface area contributed by atoms with Crippen LogP contribution in [0, 0.1) is 11.7 Å². The first-order valence-electron chi connectivity index (χ1n) is 9.22. The highest BCUT2D eigenvalue weighted by atomic mass is 127. The molecule has 0 spiro atoms. The molecule has 0 radical (unpaired) electrons. The summed E-state index contributed by atoms with van der Waals surface area (Å²) in [5.74, 6) is 0.851. The van der Waals surface area contributed by atoms with Gasteiger partial charge in [0.05, 0.1) is 12.5 Å². The number of rotatable bonds is 7. The van der Waals surface area contributed by atoms with E-state index in [0.29, 0.717) is 18.2 Å². The lowest BCUT2D eigenvalue weighted by Crippen LogP contribution is -2.48. The van der Waals surface area contributed by atoms with Crippen LogP contribution in [-0.2, 0) is 11.2 Å². The van der Waals surface area contributed by atoms with Crippen molar-refractivity contribution < 1.29 is 9.18 Å². The topological polar surface area (TPSA) is 70.7 Å². The van der Waals surface area contributed by atoms with Gasteiger partial charge in [-0.3, -0.25) is 9.79 Å². The van der Waals surface area contributed by atoms with E-state index in [1.807, 2.05) is 18.7 Å². The van der Waals surface area contributed by atoms with Crippen molar-refractivity contribution in [3.63, 3.8) is 0 Å². The van der Waals surface area contributed by atoms with E-state index in [0.717, 1.165) is 43.3 Å². The number of thioether (sulfide) groups is 1. The number of carbonyl (C=O) groups excluding carboxylic acids is 1. The molecule has 2 atom stereocenters. The predicted octanol–water partition coefficient (Wildman–Crippen LogP) is 2.88. The summed E-state index contributed by atoms with van der Waals surface area (Å²) < 4.78 is 13.1. The molecule has 0 saturated carbocycles. The number of aliphatic imine (C=N–C) groups is 1. The average molecular weight is 508 g/mol. The normalized spacial score (nSPS) is 18.6. The second-order valence-electron chi connectivity index (χ2n) is 6.47. The van der Waals surface area contributed by atoms with Crippen LogP contribution in [0.2, 0.25) is 0 Å². The fourth-order valence-corrected chi connectivity index (χ4v) is 4.12. The fraction of sp³-hybridized carbons (Fsp3) is 0.579. The standard InChI is InChI=1S/C19H29FN4OS.HI/c1-3-17-13-24(9-10-26-17)19(22-4-2)23-12-15(18(21)25)11-14-5-7-16(20)8-6-14;/h5-8,15,17H,3-4,9-13H2,1-2H3,(H2,21,25)(H,22,23);1H. The van der Waals surface area contributed by atoms with Crippen molar-refractivity contribution in [1.29, 1.82) is 0 Å². The first-order valence-corrected chi connectivity index (χ1v) is 10.3. The third-order valence-corrected chi connectivity index (χ3v) is 5.86. The highest BCUT2D eigenvalue weighted by molar-refractivity contribution is 14.0. The number of nitrogens with one attached hydrogen (secondary N) is 1. The minimum atomic E-state index is -0.407. The van der Waals surface area contributed by atoms with Crippen LogP contribution in [0.25, 0.3) is 0 Å². The van der Waals surface area contributed by atoms with Crippen LogP contribution in [0.4, 0.5) is 4.39 Å². The molecule has 27 heavy (non-hydrogen) atoms. The summed E-state index contributed by atoms with van der Waals surface area (Å²) >= 11 is 2.01. The Morgan fingerprint density at radius 1 is 1.41 bits per heavy atom. The lowest BCUT2D eigenvalue weighted by atomic mass is 9.99. The Labute approximate surface area is 182 Å². The third kappa shape index (κ3) is 7.85. The lowest BCUT2D eigenvalue weighted by molar-refractivity contribution is -0.121. The van der Waals surface area contributed by atoms with Crippen LogP contribution in [0.3, 0.4) is 0 Å². The van der Waals surface area contributed by atoms with Gasteiger partial charge in [-0.25, -0.2) is 4.39 Å². The van der Waals surface area contributed by atoms with Gasteiger partial charge >= 0.3 is 0 Å². The number of halogens is 2. The maximum atomic E-state index is 13.1. The smallest absolute Gasteiger partial charge is 0.222 e. The van der Waals surface area contributed by atoms with Crippen LogP contribution < -0.4 is 11.1 Å². The summed E-state index contributed by atoms with van der Waals surface area (Å²) in [7, 11) is 0. The maximum absolute atomic E-state index is 13.1. The Bertz CT molecular complexity index is 614. The highest BCUT2D eigenvalue weighted by Gasteiger charge is 2.22. The van der Waals surface area contributed by atoms with Crippen molar-refractivity contribution in [1.82, 2.24) is 10.2 Å². The lowest BCUT2D eigenvalue weighted by Gasteiger charge is -2.34. The zero-order chi connectivity index (χ0) is 18.9. The number of benzene rings is 1. The quantitative estimate of drug-likeness (QED) is 0.338. The summed E-state index contributed by atoms with van der Waals surface area (Å²) in [6.07, 6.45) is 1.60. The number of nitrogens with zero attached hydrogens (tertiary/aromatic N) is 2. The summed E-state index contributed by atoms with van der Waals surface area (Å²) in [6.45, 7) is 7.26. The van der Waals surface area contributed by atoms with E-state index in [-0.39, 0.29) is 35.7 Å². The molecule has 3 N–H and O–H groups in total. The molecule has 1 fully saturated rings. The molecule has 0 aromatic heterocycles. The Morgan fingerprint density at radius 2 is 2.11 bits per heavy atom. The number of primary amides is 1. The van der Waals surface area contributed by atoms with Crippen molar-refractivity contribution in [3.8, 4) is 0 Å². The van der Waals surface area contributed by atoms with E-state index >= 15 is 0 Å². The van der Waals surface area contributed by atoms with E-state index in [1.165, 1.54) is 12.1 Å². The molecule has 1 aliphatic heterocycles. The Morgan fingerprint density at radius 3 is 2.70 bits per heavy atom. The van der Waals surface area contributed by atoms with E-state index in [9.17, 15) is 9.18 Å². The van der Waals surface area contributed by atoms with Gasteiger partial charge in [-0.15, -0.1) is 24.0 Å². The molecule has 5 nitrogen and oxygen atoms in total. The Kier molecular flexibility index (Phi) is 11.1. The zero-order valence-electron chi connectivity index (χ0n) is 16.0. The second-order valence-corrected chi connectivity index (χ2v) is 7.88. The SMILES string of the molecule is CCNC(=NCC(Cc1ccc(F)cc1)C(N)=O)N1CCSC(CC)C1.I. The van der Waals surface area contributed by atoms with Gasteiger partial charge in [-0.1, -0.05) is 19.1 Å². The Hall–Kier alpha value is -1.03. The number of amides is 1. The van der Waals surface area contributed by atoms with Crippen LogP contribution in [0.15, 0.2) is 29.3 Å². The summed E-state index contributed by atoms with van der Waals surface area (Å²) in [6, 6.07) is 6.18. The summed E-state index contributed by atoms with van der Waals surface area (Å²) in [5, 5.41) is 3.94. The molecule has 1 saturated heterocycles. The molecule has 8 heteroatoms. The van der Waals surface area contributed by atoms with Crippen molar-refractivity contribution in [2.45, 2.75) is 31.9 Å². The maximum Gasteiger partial charge on any atom is 0.222 e. The average Bonchev–Trinajstić information content (AvgIpc) is 2.65. The van der Waals surface area contributed by atoms with Gasteiger partial charge in [0.25, 0.3) is 0 Å². The van der Waals surface area contributed by atoms with Gasteiger partial charge in [-0.05, 0) is 37.5 Å². The molecule has 1 aliphatic rings. The highest BCUT2D eigenvalue weighted by Crippen LogP contribution is 2.21. The number of nitrogens with two attached hydrogens (primary N) is 1. The molecule has 1 amide bonds. The minimum Gasteiger partial charge on any atom is -0.369 e. The van der Waals surface area contributed by atoms with Crippen LogP contribution >= 0.6 is 35.7 Å². The molecule has 1 heterocycles. The van der Waals surface area contributed by atoms with Crippen LogP contribution in [0.5, 0.6) is 0 Å². The van der Waals surface area contributed by atoms with Gasteiger partial charge in [0, 0.05) is 30.6 Å². The number of hydrogen-bond acceptors (Lipinski definition) is 3. The van der Waals surface area contributed by atoms with E-state index < -0.39 is 5.92 Å². The predicted molar refractivity (Wildman–Crippen MR) is 122 cm³/mol. The molecule has 152 valence electrons. The number of guanidine groups is 1. The first-order chi connectivity index (χ1) is 12.5. The third-order valence-electron chi connectivity index (χ3n) is 4.49. The van der Waals surface area contributed by atoms with Crippen molar-refractivity contribution >= 4 is 47.6 Å². The van der Waals surface area contributed by atoms with Crippen molar-refractivity contribution in [3.05, 3.63) is 35.6 Å². The fourth-order valence-electron chi connectivity index (χ4n) is 2.94. The first kappa shape index (κ1) is 24.0. The number of hydrogen-bond donors (Lipinski definition) is 2. The van der Waals surface area contributed by atoms with Gasteiger partial charge in [0.15, 0.2) is 5.96 Å². The largest absolute Gasteiger partial charge is 0.369 e. The monoisotopic (exact) mass is 508 g/mol. The second kappa shape index (κ2) is 12.4. The van der Waals surface area contributed by atoms with Crippen LogP contribution in [-0.4, -0.2) is 53.9 Å². The molecular weight excluding hydrogens is 478 g/mol. The van der Waals surface area contributed by atoms with Crippen LogP contribution in [0.1, 0.15) is 25.8 Å². The summed E-state index contributed by atoms with van der Waals surface area (Å²) in [5.41, 5.74) is 6.46. The van der Waals surface area contributed by atoms with E-state index in [1.54, 1.807) is 12.1 Å². The molecular formula is C19H30FIN4OS. The van der Waals surface area contributed by atoms with Gasteiger partial charge in [-0.2, -0.15) is 11.8 Å². The molecule has 0 aliphatic carbocycles. The molecule has 2 unspecified atom stereocenters. The van der Waals surface area contributed by atoms with Crippen molar-refractivity contribution in [2.75, 3.05) is 31.9 Å². The summed E-state index contributed by atoms with van der Waals surface area (Å²) in [4.78, 5) is 18.8. The molecule has 2 rings (SSSR count). The van der Waals surface area contributed by atoms with Gasteiger partial charge < -0.3 is 16.0 Å². The molecule has 1 aromatic carbocycles. The van der Waals surface area contributed by atoms with Gasteiger partial charge in [0.2, 0.25) is 5.91 Å². The van der Waals surface area contributed by atoms with Gasteiger partial charge in [0.1, 0.15) is 5.82 Å². The van der Waals surface area contributed by atoms with E-state index in [2.05, 4.69) is 22.1 Å².